The Kier molecular flexibility index (Phi) is 5.66. The quantitative estimate of drug-likeness (QED) is 0.464. The number of nitrogens with zero attached hydrogens (tertiary/aromatic N) is 3. The van der Waals surface area contributed by atoms with Gasteiger partial charge in [0.1, 0.15) is 22.9 Å². The van der Waals surface area contributed by atoms with Crippen molar-refractivity contribution in [1.29, 1.82) is 0 Å². The van der Waals surface area contributed by atoms with Crippen LogP contribution in [0.1, 0.15) is 24.3 Å². The lowest BCUT2D eigenvalue weighted by molar-refractivity contribution is 0.413. The lowest BCUT2D eigenvalue weighted by Crippen LogP contribution is -2.32. The normalized spacial score (nSPS) is 15.8. The third-order valence-electron chi connectivity index (χ3n) is 5.89. The summed E-state index contributed by atoms with van der Waals surface area (Å²) in [7, 11) is 3.34. The summed E-state index contributed by atoms with van der Waals surface area (Å²) in [6, 6.07) is 14.1. The van der Waals surface area contributed by atoms with Gasteiger partial charge in [0.05, 0.1) is 26.1 Å². The van der Waals surface area contributed by atoms with Gasteiger partial charge in [0, 0.05) is 0 Å². The third-order valence-corrected chi connectivity index (χ3v) is 5.89. The van der Waals surface area contributed by atoms with Crippen LogP contribution in [0, 0.1) is 0 Å². The fourth-order valence-electron chi connectivity index (χ4n) is 4.19. The van der Waals surface area contributed by atoms with E-state index in [1.165, 1.54) is 5.56 Å². The second-order valence-electron chi connectivity index (χ2n) is 7.78. The number of piperidine rings is 1. The van der Waals surface area contributed by atoms with Crippen molar-refractivity contribution in [3.8, 4) is 11.5 Å². The maximum Gasteiger partial charge on any atom is 0.229 e. The fourth-order valence-corrected chi connectivity index (χ4v) is 4.19. The number of benzene rings is 2. The van der Waals surface area contributed by atoms with E-state index in [-0.39, 0.29) is 0 Å². The molecule has 5 rings (SSSR count). The highest BCUT2D eigenvalue weighted by atomic mass is 16.5. The van der Waals surface area contributed by atoms with Crippen LogP contribution >= 0.6 is 0 Å². The Bertz CT molecular complexity index is 1100. The van der Waals surface area contributed by atoms with Gasteiger partial charge in [-0.1, -0.05) is 18.2 Å². The van der Waals surface area contributed by atoms with Crippen molar-refractivity contribution < 1.29 is 9.47 Å². The average Bonchev–Trinajstić information content (AvgIpc) is 3.28. The molecular formula is C23H27N7O2. The number of rotatable bonds is 6. The monoisotopic (exact) mass is 433 g/mol. The van der Waals surface area contributed by atoms with Crippen molar-refractivity contribution in [3.05, 3.63) is 54.2 Å². The molecule has 1 aromatic heterocycles. The van der Waals surface area contributed by atoms with Gasteiger partial charge in [-0.05, 0) is 61.7 Å². The molecule has 0 aliphatic carbocycles. The first kappa shape index (κ1) is 20.3. The van der Waals surface area contributed by atoms with E-state index in [1.54, 1.807) is 20.4 Å². The molecule has 2 aliphatic rings. The van der Waals surface area contributed by atoms with E-state index in [0.29, 0.717) is 17.7 Å². The van der Waals surface area contributed by atoms with Crippen molar-refractivity contribution >= 4 is 28.8 Å². The summed E-state index contributed by atoms with van der Waals surface area (Å²) in [5.41, 5.74) is 9.96. The molecule has 0 spiro atoms. The summed E-state index contributed by atoms with van der Waals surface area (Å²) in [6.45, 7) is 2.11. The first-order valence-corrected chi connectivity index (χ1v) is 10.7. The van der Waals surface area contributed by atoms with E-state index >= 15 is 0 Å². The van der Waals surface area contributed by atoms with Gasteiger partial charge in [-0.3, -0.25) is 5.43 Å². The number of anilines is 5. The van der Waals surface area contributed by atoms with Crippen molar-refractivity contribution in [3.63, 3.8) is 0 Å². The topological polar surface area (TPSA) is 95.6 Å². The van der Waals surface area contributed by atoms with E-state index < -0.39 is 0 Å². The van der Waals surface area contributed by atoms with Crippen LogP contribution in [0.2, 0.25) is 0 Å². The minimum atomic E-state index is 0.474. The minimum Gasteiger partial charge on any atom is -0.495 e. The number of para-hydroxylation sites is 2. The van der Waals surface area contributed by atoms with Crippen molar-refractivity contribution in [2.45, 2.75) is 18.8 Å². The van der Waals surface area contributed by atoms with E-state index in [0.717, 1.165) is 54.5 Å². The number of hydrogen-bond acceptors (Lipinski definition) is 9. The van der Waals surface area contributed by atoms with Gasteiger partial charge < -0.3 is 20.1 Å². The van der Waals surface area contributed by atoms with Gasteiger partial charge in [-0.25, -0.2) is 9.99 Å². The van der Waals surface area contributed by atoms with Crippen molar-refractivity contribution in [2.24, 2.45) is 0 Å². The maximum atomic E-state index is 5.68. The highest BCUT2D eigenvalue weighted by Crippen LogP contribution is 2.38. The van der Waals surface area contributed by atoms with Crippen LogP contribution in [0.15, 0.2) is 48.7 Å². The van der Waals surface area contributed by atoms with Crippen LogP contribution in [0.25, 0.3) is 0 Å². The van der Waals surface area contributed by atoms with E-state index in [2.05, 4.69) is 38.7 Å². The van der Waals surface area contributed by atoms with Gasteiger partial charge in [-0.2, -0.15) is 4.98 Å². The Balaban J connectivity index is 1.41. The highest BCUT2D eigenvalue weighted by molar-refractivity contribution is 5.79. The first-order valence-electron chi connectivity index (χ1n) is 10.7. The predicted molar refractivity (Wildman–Crippen MR) is 125 cm³/mol. The molecule has 9 nitrogen and oxygen atoms in total. The van der Waals surface area contributed by atoms with Gasteiger partial charge in [0.15, 0.2) is 5.82 Å². The molecule has 3 aromatic rings. The molecule has 1 saturated heterocycles. The standard InChI is InChI=1S/C23H27N7O2/c1-31-20-6-4-3-5-19(20)30-22-18(28-29-30)14-25-23(27-22)26-17-8-7-16(13-21(17)32-2)15-9-11-24-12-10-15/h3-8,13-15,24,28-29H,9-12H2,1-2H3,(H,25,26,27). The Morgan fingerprint density at radius 1 is 1.03 bits per heavy atom. The summed E-state index contributed by atoms with van der Waals surface area (Å²) >= 11 is 0. The van der Waals surface area contributed by atoms with Crippen LogP contribution < -0.4 is 36.1 Å². The zero-order valence-electron chi connectivity index (χ0n) is 18.2. The zero-order valence-corrected chi connectivity index (χ0v) is 18.2. The molecule has 0 amide bonds. The minimum absolute atomic E-state index is 0.474. The molecule has 0 saturated carbocycles. The Hall–Kier alpha value is -3.56. The molecule has 0 radical (unpaired) electrons. The number of hydrogen-bond donors (Lipinski definition) is 4. The molecule has 4 N–H and O–H groups in total. The zero-order chi connectivity index (χ0) is 21.9. The lowest BCUT2D eigenvalue weighted by atomic mass is 9.90. The molecule has 1 fully saturated rings. The molecule has 32 heavy (non-hydrogen) atoms. The van der Waals surface area contributed by atoms with E-state index in [4.69, 9.17) is 14.5 Å². The van der Waals surface area contributed by atoms with Crippen LogP contribution in [-0.4, -0.2) is 37.3 Å². The van der Waals surface area contributed by atoms with Crippen molar-refractivity contribution in [2.75, 3.05) is 43.1 Å². The number of nitrogens with one attached hydrogen (secondary N) is 4. The molecule has 2 aromatic carbocycles. The number of aromatic nitrogens is 2. The average molecular weight is 434 g/mol. The number of ether oxygens (including phenoxy) is 2. The Labute approximate surface area is 187 Å². The van der Waals surface area contributed by atoms with Crippen LogP contribution in [0.5, 0.6) is 11.5 Å². The van der Waals surface area contributed by atoms with Crippen LogP contribution in [0.3, 0.4) is 0 Å². The maximum absolute atomic E-state index is 5.68. The van der Waals surface area contributed by atoms with Crippen LogP contribution in [0.4, 0.5) is 28.8 Å². The molecule has 0 unspecified atom stereocenters. The number of methoxy groups -OCH3 is 2. The fraction of sp³-hybridized carbons (Fsp3) is 0.304. The first-order chi connectivity index (χ1) is 15.8. The van der Waals surface area contributed by atoms with Gasteiger partial charge in [-0.15, -0.1) is 5.53 Å². The molecular weight excluding hydrogens is 406 g/mol. The van der Waals surface area contributed by atoms with Gasteiger partial charge in [0.2, 0.25) is 5.95 Å². The SMILES string of the molecule is COc1cc(C2CCNCC2)ccc1Nc1ncc2c(n1)N(c1ccccc1OC)NN2. The Morgan fingerprint density at radius 2 is 1.84 bits per heavy atom. The van der Waals surface area contributed by atoms with E-state index in [1.807, 2.05) is 35.3 Å². The summed E-state index contributed by atoms with van der Waals surface area (Å²) < 4.78 is 11.2. The van der Waals surface area contributed by atoms with Crippen molar-refractivity contribution in [1.82, 2.24) is 20.8 Å². The summed E-state index contributed by atoms with van der Waals surface area (Å²) in [5.74, 6) is 3.24. The van der Waals surface area contributed by atoms with Gasteiger partial charge in [0.25, 0.3) is 0 Å². The molecule has 9 heteroatoms. The molecule has 3 heterocycles. The summed E-state index contributed by atoms with van der Waals surface area (Å²) in [5, 5.41) is 8.56. The van der Waals surface area contributed by atoms with Crippen LogP contribution in [-0.2, 0) is 0 Å². The molecule has 0 atom stereocenters. The number of hydrazine groups is 2. The molecule has 2 aliphatic heterocycles. The Morgan fingerprint density at radius 3 is 2.66 bits per heavy atom. The van der Waals surface area contributed by atoms with E-state index in [9.17, 15) is 0 Å². The van der Waals surface area contributed by atoms with Gasteiger partial charge >= 0.3 is 0 Å². The predicted octanol–water partition coefficient (Wildman–Crippen LogP) is 3.69. The highest BCUT2D eigenvalue weighted by Gasteiger charge is 2.25. The third kappa shape index (κ3) is 3.88. The summed E-state index contributed by atoms with van der Waals surface area (Å²) in [6.07, 6.45) is 4.02. The number of fused-ring (bicyclic) bond motifs is 1. The summed E-state index contributed by atoms with van der Waals surface area (Å²) in [4.78, 5) is 9.19. The second-order valence-corrected chi connectivity index (χ2v) is 7.78. The molecule has 0 bridgehead atoms. The molecule has 166 valence electrons. The largest absolute Gasteiger partial charge is 0.495 e. The smallest absolute Gasteiger partial charge is 0.229 e. The second kappa shape index (κ2) is 8.89. The lowest BCUT2D eigenvalue weighted by Gasteiger charge is -2.24.